The van der Waals surface area contributed by atoms with Gasteiger partial charge >= 0.3 is 0 Å². The van der Waals surface area contributed by atoms with E-state index in [0.717, 1.165) is 32.1 Å². The summed E-state index contributed by atoms with van der Waals surface area (Å²) in [5.41, 5.74) is 2.05. The molecule has 10 nitrogen and oxygen atoms in total. The number of sulfonamides is 1. The molecule has 1 fully saturated rings. The molecule has 0 saturated heterocycles. The van der Waals surface area contributed by atoms with Crippen LogP contribution in [0.1, 0.15) is 99.5 Å². The number of hydrogen-bond donors (Lipinski definition) is 2. The molecular formula is C39H56ClN3O7S. The minimum absolute atomic E-state index is 0.00922. The van der Waals surface area contributed by atoms with Crippen molar-refractivity contribution in [2.75, 3.05) is 51.9 Å². The zero-order chi connectivity index (χ0) is 36.9. The first-order chi connectivity index (χ1) is 24.3. The van der Waals surface area contributed by atoms with E-state index in [0.29, 0.717) is 68.6 Å². The number of carbonyl (C=O) groups excluding carboxylic acids is 2. The van der Waals surface area contributed by atoms with E-state index >= 15 is 0 Å². The van der Waals surface area contributed by atoms with Crippen molar-refractivity contribution >= 4 is 39.1 Å². The zero-order valence-electron chi connectivity index (χ0n) is 30.8. The average molecular weight is 746 g/mol. The number of benzene rings is 2. The van der Waals surface area contributed by atoms with E-state index in [1.165, 1.54) is 11.1 Å². The van der Waals surface area contributed by atoms with Gasteiger partial charge in [-0.15, -0.1) is 0 Å². The van der Waals surface area contributed by atoms with Crippen LogP contribution in [0.5, 0.6) is 5.75 Å². The topological polar surface area (TPSA) is 125 Å². The van der Waals surface area contributed by atoms with E-state index in [1.54, 1.807) is 44.2 Å². The Bertz CT molecular complexity index is 1660. The Balaban J connectivity index is 1.55. The van der Waals surface area contributed by atoms with Gasteiger partial charge in [0.05, 0.1) is 36.2 Å². The summed E-state index contributed by atoms with van der Waals surface area (Å²) in [6.07, 6.45) is 6.11. The molecule has 0 aromatic heterocycles. The van der Waals surface area contributed by atoms with Gasteiger partial charge in [-0.2, -0.15) is 0 Å². The molecule has 2 aromatic rings. The molecule has 51 heavy (non-hydrogen) atoms. The first-order valence-corrected chi connectivity index (χ1v) is 20.5. The number of methoxy groups -OCH3 is 1. The van der Waals surface area contributed by atoms with E-state index < -0.39 is 26.8 Å². The van der Waals surface area contributed by atoms with E-state index in [4.69, 9.17) is 21.1 Å². The molecule has 3 aliphatic rings. The third-order valence-corrected chi connectivity index (χ3v) is 13.8. The van der Waals surface area contributed by atoms with Gasteiger partial charge < -0.3 is 24.4 Å². The van der Waals surface area contributed by atoms with E-state index in [-0.39, 0.29) is 41.6 Å². The summed E-state index contributed by atoms with van der Waals surface area (Å²) in [4.78, 5) is 30.9. The number of unbranched alkanes of at least 4 members (excludes halogenated alkanes) is 1. The molecule has 2 bridgehead atoms. The Kier molecular flexibility index (Phi) is 13.0. The number of halogens is 1. The Labute approximate surface area is 309 Å². The largest absolute Gasteiger partial charge is 0.491 e. The second-order valence-electron chi connectivity index (χ2n) is 15.1. The first-order valence-electron chi connectivity index (χ1n) is 18.6. The number of aliphatic hydroxyl groups is 1. The van der Waals surface area contributed by atoms with Crippen LogP contribution in [0.2, 0.25) is 5.02 Å². The summed E-state index contributed by atoms with van der Waals surface area (Å²) < 4.78 is 40.9. The number of hydrogen-bond acceptors (Lipinski definition) is 8. The maximum atomic E-state index is 13.5. The molecular weight excluding hydrogens is 690 g/mol. The number of likely N-dealkylation sites (N-methyl/N-ethyl adjacent to an activating group) is 1. The van der Waals surface area contributed by atoms with E-state index in [1.807, 2.05) is 19.1 Å². The van der Waals surface area contributed by atoms with Gasteiger partial charge in [0.1, 0.15) is 5.75 Å². The molecule has 0 unspecified atom stereocenters. The van der Waals surface area contributed by atoms with Gasteiger partial charge in [0.15, 0.2) is 0 Å². The minimum atomic E-state index is -4.01. The maximum absolute atomic E-state index is 13.5. The van der Waals surface area contributed by atoms with Crippen LogP contribution in [0, 0.1) is 17.8 Å². The molecule has 0 radical (unpaired) electrons. The normalized spacial score (nSPS) is 28.0. The molecule has 6 atom stereocenters. The van der Waals surface area contributed by atoms with E-state index in [2.05, 4.69) is 22.6 Å². The highest BCUT2D eigenvalue weighted by molar-refractivity contribution is 7.90. The smallest absolute Gasteiger partial charge is 0.264 e. The molecule has 2 aromatic carbocycles. The van der Waals surface area contributed by atoms with Crippen LogP contribution in [0.3, 0.4) is 0 Å². The van der Waals surface area contributed by atoms with Crippen molar-refractivity contribution in [2.45, 2.75) is 95.3 Å². The molecule has 1 saturated carbocycles. The van der Waals surface area contributed by atoms with Crippen LogP contribution < -0.4 is 14.4 Å². The quantitative estimate of drug-likeness (QED) is 0.312. The predicted molar refractivity (Wildman–Crippen MR) is 201 cm³/mol. The number of anilines is 1. The Morgan fingerprint density at radius 2 is 1.94 bits per heavy atom. The molecule has 0 spiro atoms. The van der Waals surface area contributed by atoms with Crippen LogP contribution in [0.25, 0.3) is 0 Å². The lowest BCUT2D eigenvalue weighted by atomic mass is 9.62. The molecule has 282 valence electrons. The number of aryl methyl sites for hydroxylation is 1. The monoisotopic (exact) mass is 745 g/mol. The third kappa shape index (κ3) is 9.21. The van der Waals surface area contributed by atoms with Gasteiger partial charge in [-0.3, -0.25) is 9.59 Å². The molecule has 1 aliphatic carbocycles. The molecule has 2 N–H and O–H groups in total. The minimum Gasteiger partial charge on any atom is -0.491 e. The van der Waals surface area contributed by atoms with Crippen molar-refractivity contribution in [3.63, 3.8) is 0 Å². The van der Waals surface area contributed by atoms with Crippen molar-refractivity contribution in [3.8, 4) is 5.75 Å². The molecule has 2 heterocycles. The standard InChI is InChI=1S/C39H56ClN3O7S/c1-6-7-10-28-20-32(40)13-14-33(28)31-24-43-23-30-11-15-34(30)39(46,22-37(44)42(4)18-19-49-5)17-8-9-26(2)27(3)51(47,48)41-38(45)29-12-16-36(50-25-31)35(43)21-29/h12-14,16,20-21,26-27,30-31,34,46H,6-11,15,17-19,22-25H2,1-5H3,(H,41,45)/t26-,27+,30-,31-,34+,39-/m0/s1. The van der Waals surface area contributed by atoms with Crippen molar-refractivity contribution < 1.29 is 32.6 Å². The Morgan fingerprint density at radius 1 is 1.16 bits per heavy atom. The summed E-state index contributed by atoms with van der Waals surface area (Å²) in [5.74, 6) is -0.531. The van der Waals surface area contributed by atoms with Gasteiger partial charge in [-0.1, -0.05) is 44.4 Å². The predicted octanol–water partition coefficient (Wildman–Crippen LogP) is 6.19. The second kappa shape index (κ2) is 16.9. The van der Waals surface area contributed by atoms with Gasteiger partial charge in [0.25, 0.3) is 5.91 Å². The highest BCUT2D eigenvalue weighted by Crippen LogP contribution is 2.48. The van der Waals surface area contributed by atoms with Gasteiger partial charge in [-0.25, -0.2) is 13.1 Å². The average Bonchev–Trinajstić information content (AvgIpc) is 3.25. The lowest BCUT2D eigenvalue weighted by molar-refractivity contribution is -0.145. The summed E-state index contributed by atoms with van der Waals surface area (Å²) >= 11 is 6.47. The van der Waals surface area contributed by atoms with Gasteiger partial charge in [-0.05, 0) is 105 Å². The fourth-order valence-electron chi connectivity index (χ4n) is 8.04. The molecule has 5 rings (SSSR count). The fraction of sp³-hybridized carbons (Fsp3) is 0.641. The molecule has 2 amide bonds. The SMILES string of the molecule is CCCCc1cc(Cl)ccc1[C@@H]1COc2ccc3cc2N(C1)C[C@@H]1CC[C@H]1[C@@](O)(CC(=O)N(C)CCOC)CCC[C@H](C)[C@@H](C)S(=O)(=O)NC3=O. The summed E-state index contributed by atoms with van der Waals surface area (Å²) in [7, 11) is -0.674. The number of ether oxygens (including phenoxy) is 2. The number of carbonyl (C=O) groups is 2. The van der Waals surface area contributed by atoms with Gasteiger partial charge in [0, 0.05) is 50.3 Å². The van der Waals surface area contributed by atoms with Crippen LogP contribution in [-0.4, -0.2) is 88.1 Å². The maximum Gasteiger partial charge on any atom is 0.264 e. The van der Waals surface area contributed by atoms with Crippen molar-refractivity contribution in [2.24, 2.45) is 17.8 Å². The lowest BCUT2D eigenvalue weighted by Crippen LogP contribution is -2.53. The van der Waals surface area contributed by atoms with Gasteiger partial charge in [0.2, 0.25) is 15.9 Å². The molecule has 2 aliphatic heterocycles. The number of nitrogens with one attached hydrogen (secondary N) is 1. The van der Waals surface area contributed by atoms with Crippen LogP contribution >= 0.6 is 11.6 Å². The summed E-state index contributed by atoms with van der Waals surface area (Å²) in [6.45, 7) is 8.06. The van der Waals surface area contributed by atoms with Crippen molar-refractivity contribution in [1.82, 2.24) is 9.62 Å². The highest BCUT2D eigenvalue weighted by Gasteiger charge is 2.48. The Morgan fingerprint density at radius 3 is 2.65 bits per heavy atom. The summed E-state index contributed by atoms with van der Waals surface area (Å²) in [5, 5.41) is 12.3. The zero-order valence-corrected chi connectivity index (χ0v) is 32.4. The van der Waals surface area contributed by atoms with Crippen LogP contribution in [0.15, 0.2) is 36.4 Å². The number of fused-ring (bicyclic) bond motifs is 2. The van der Waals surface area contributed by atoms with Crippen LogP contribution in [0.4, 0.5) is 5.69 Å². The number of amides is 2. The van der Waals surface area contributed by atoms with Crippen molar-refractivity contribution in [1.29, 1.82) is 0 Å². The fourth-order valence-corrected chi connectivity index (χ4v) is 9.54. The van der Waals surface area contributed by atoms with Crippen molar-refractivity contribution in [3.05, 3.63) is 58.1 Å². The summed E-state index contributed by atoms with van der Waals surface area (Å²) in [6, 6.07) is 11.2. The molecule has 12 heteroatoms. The van der Waals surface area contributed by atoms with Crippen LogP contribution in [-0.2, 0) is 26.0 Å². The number of rotatable bonds is 9. The number of nitrogens with zero attached hydrogens (tertiary/aromatic N) is 2. The first kappa shape index (κ1) is 39.3. The Hall–Kier alpha value is -2.86. The second-order valence-corrected chi connectivity index (χ2v) is 17.6. The van der Waals surface area contributed by atoms with E-state index in [9.17, 15) is 23.1 Å². The third-order valence-electron chi connectivity index (χ3n) is 11.7. The highest BCUT2D eigenvalue weighted by atomic mass is 35.5. The lowest BCUT2D eigenvalue weighted by Gasteiger charge is -2.49.